The lowest BCUT2D eigenvalue weighted by Gasteiger charge is -2.34. The maximum Gasteiger partial charge on any atom is 0.310 e. The summed E-state index contributed by atoms with van der Waals surface area (Å²) < 4.78 is 11.3. The first-order valence-electron chi connectivity index (χ1n) is 7.85. The maximum absolute atomic E-state index is 12.7. The first-order valence-corrected chi connectivity index (χ1v) is 14.7. The van der Waals surface area contributed by atoms with Gasteiger partial charge in [0.2, 0.25) is 16.6 Å². The van der Waals surface area contributed by atoms with Crippen molar-refractivity contribution in [3.05, 3.63) is 0 Å². The van der Waals surface area contributed by atoms with E-state index in [0.29, 0.717) is 12.8 Å². The van der Waals surface area contributed by atoms with Gasteiger partial charge in [0.15, 0.2) is 5.41 Å². The van der Waals surface area contributed by atoms with Crippen molar-refractivity contribution in [2.24, 2.45) is 5.41 Å². The molecule has 6 heteroatoms. The molecule has 0 spiro atoms. The minimum Gasteiger partial charge on any atom is -0.519 e. The van der Waals surface area contributed by atoms with Gasteiger partial charge in [0.1, 0.15) is 0 Å². The smallest absolute Gasteiger partial charge is 0.310 e. The van der Waals surface area contributed by atoms with Crippen molar-refractivity contribution in [3.63, 3.8) is 0 Å². The number of rotatable bonds is 8. The molecule has 21 heavy (non-hydrogen) atoms. The monoisotopic (exact) mass is 332 g/mol. The Morgan fingerprint density at radius 1 is 0.857 bits per heavy atom. The van der Waals surface area contributed by atoms with E-state index in [1.54, 1.807) is 0 Å². The largest absolute Gasteiger partial charge is 0.519 e. The number of carbonyl (C=O) groups is 2. The first-order chi connectivity index (χ1) is 9.38. The zero-order valence-electron chi connectivity index (χ0n) is 15.0. The van der Waals surface area contributed by atoms with Crippen molar-refractivity contribution in [1.82, 2.24) is 0 Å². The van der Waals surface area contributed by atoms with E-state index in [1.165, 1.54) is 0 Å². The lowest BCUT2D eigenvalue weighted by Crippen LogP contribution is -2.48. The second-order valence-electron chi connectivity index (χ2n) is 7.54. The Morgan fingerprint density at radius 3 is 1.48 bits per heavy atom. The minimum absolute atomic E-state index is 0.388. The fraction of sp³-hybridized carbons (Fsp3) is 0.867. The van der Waals surface area contributed by atoms with Gasteiger partial charge in [0.25, 0.3) is 0 Å². The average molecular weight is 333 g/mol. The van der Waals surface area contributed by atoms with Crippen LogP contribution in [0.4, 0.5) is 0 Å². The third-order valence-corrected chi connectivity index (χ3v) is 4.74. The van der Waals surface area contributed by atoms with E-state index in [-0.39, 0.29) is 11.9 Å². The number of unbranched alkanes of at least 4 members (excludes halogenated alkanes) is 1. The summed E-state index contributed by atoms with van der Waals surface area (Å²) in [4.78, 5) is 25.3. The quantitative estimate of drug-likeness (QED) is 0.490. The fourth-order valence-electron chi connectivity index (χ4n) is 1.98. The Hall–Kier alpha value is -0.626. The van der Waals surface area contributed by atoms with Crippen LogP contribution in [0.25, 0.3) is 0 Å². The molecule has 0 unspecified atom stereocenters. The molecule has 0 aliphatic rings. The Morgan fingerprint density at radius 2 is 1.24 bits per heavy atom. The Labute approximate surface area is 131 Å². The van der Waals surface area contributed by atoms with E-state index in [9.17, 15) is 9.59 Å². The van der Waals surface area contributed by atoms with Crippen LogP contribution in [0.5, 0.6) is 0 Å². The molecule has 0 heterocycles. The molecule has 0 aliphatic heterocycles. The van der Waals surface area contributed by atoms with Gasteiger partial charge >= 0.3 is 11.9 Å². The molecule has 0 aliphatic carbocycles. The van der Waals surface area contributed by atoms with Gasteiger partial charge in [-0.2, -0.15) is 0 Å². The number of carbonyl (C=O) groups excluding carboxylic acids is 2. The molecular formula is C15H32O4Si2. The van der Waals surface area contributed by atoms with E-state index in [0.717, 1.165) is 12.8 Å². The third kappa shape index (κ3) is 6.78. The normalized spacial score (nSPS) is 13.0. The van der Waals surface area contributed by atoms with Gasteiger partial charge in [-0.15, -0.1) is 0 Å². The highest BCUT2D eigenvalue weighted by molar-refractivity contribution is 6.72. The van der Waals surface area contributed by atoms with Crippen molar-refractivity contribution in [2.75, 3.05) is 0 Å². The van der Waals surface area contributed by atoms with Gasteiger partial charge < -0.3 is 8.85 Å². The summed E-state index contributed by atoms with van der Waals surface area (Å²) in [7, 11) is -4.07. The van der Waals surface area contributed by atoms with Gasteiger partial charge in [-0.25, -0.2) is 0 Å². The van der Waals surface area contributed by atoms with E-state index >= 15 is 0 Å². The van der Waals surface area contributed by atoms with Crippen LogP contribution >= 0.6 is 0 Å². The van der Waals surface area contributed by atoms with Crippen molar-refractivity contribution in [1.29, 1.82) is 0 Å². The van der Waals surface area contributed by atoms with Gasteiger partial charge in [0, 0.05) is 0 Å². The summed E-state index contributed by atoms with van der Waals surface area (Å²) in [5.41, 5.74) is -1.13. The molecule has 0 N–H and O–H groups in total. The molecule has 0 saturated heterocycles. The Balaban J connectivity index is 5.43. The van der Waals surface area contributed by atoms with Crippen molar-refractivity contribution < 1.29 is 18.4 Å². The molecule has 124 valence electrons. The van der Waals surface area contributed by atoms with E-state index in [1.807, 2.05) is 53.1 Å². The van der Waals surface area contributed by atoms with Crippen molar-refractivity contribution >= 4 is 28.6 Å². The van der Waals surface area contributed by atoms with Gasteiger partial charge in [-0.05, 0) is 52.1 Å². The van der Waals surface area contributed by atoms with Crippen LogP contribution in [-0.4, -0.2) is 28.6 Å². The summed E-state index contributed by atoms with van der Waals surface area (Å²) in [5.74, 6) is -0.776. The second-order valence-corrected chi connectivity index (χ2v) is 16.4. The van der Waals surface area contributed by atoms with E-state index in [4.69, 9.17) is 8.85 Å². The predicted molar refractivity (Wildman–Crippen MR) is 91.1 cm³/mol. The maximum atomic E-state index is 12.7. The lowest BCUT2D eigenvalue weighted by molar-refractivity contribution is -0.163. The zero-order valence-corrected chi connectivity index (χ0v) is 17.0. The number of hydrogen-bond donors (Lipinski definition) is 0. The first kappa shape index (κ1) is 20.4. The molecule has 0 radical (unpaired) electrons. The molecule has 0 aromatic rings. The summed E-state index contributed by atoms with van der Waals surface area (Å²) in [6.45, 7) is 15.6. The van der Waals surface area contributed by atoms with Crippen LogP contribution < -0.4 is 0 Å². The van der Waals surface area contributed by atoms with E-state index in [2.05, 4.69) is 0 Å². The van der Waals surface area contributed by atoms with Gasteiger partial charge in [-0.3, -0.25) is 9.59 Å². The molecule has 0 amide bonds. The van der Waals surface area contributed by atoms with E-state index < -0.39 is 22.0 Å². The highest BCUT2D eigenvalue weighted by atomic mass is 28.4. The minimum atomic E-state index is -2.04. The van der Waals surface area contributed by atoms with Gasteiger partial charge in [0.05, 0.1) is 0 Å². The second kappa shape index (κ2) is 7.58. The zero-order chi connectivity index (χ0) is 16.9. The molecule has 0 aromatic heterocycles. The predicted octanol–water partition coefficient (Wildman–Crippen LogP) is 4.33. The SMILES string of the molecule is CCCCC(CC)(C(=O)O[Si](C)(C)C)C(=O)O[Si](C)(C)C. The highest BCUT2D eigenvalue weighted by Crippen LogP contribution is 2.34. The Bertz CT molecular complexity index is 339. The molecule has 0 atom stereocenters. The Kier molecular flexibility index (Phi) is 7.35. The summed E-state index contributed by atoms with van der Waals surface area (Å²) in [6, 6.07) is 0. The van der Waals surface area contributed by atoms with Crippen molar-refractivity contribution in [3.8, 4) is 0 Å². The molecule has 0 fully saturated rings. The average Bonchev–Trinajstić information content (AvgIpc) is 2.25. The summed E-state index contributed by atoms with van der Waals surface area (Å²) in [6.07, 6.45) is 2.68. The number of hydrogen-bond acceptors (Lipinski definition) is 4. The summed E-state index contributed by atoms with van der Waals surface area (Å²) >= 11 is 0. The lowest BCUT2D eigenvalue weighted by atomic mass is 9.80. The molecular weight excluding hydrogens is 300 g/mol. The molecule has 0 rings (SSSR count). The van der Waals surface area contributed by atoms with Gasteiger partial charge in [-0.1, -0.05) is 26.7 Å². The fourth-order valence-corrected chi connectivity index (χ4v) is 3.49. The topological polar surface area (TPSA) is 52.6 Å². The van der Waals surface area contributed by atoms with Crippen LogP contribution in [0, 0.1) is 5.41 Å². The third-order valence-electron chi connectivity index (χ3n) is 3.14. The van der Waals surface area contributed by atoms with Crippen LogP contribution in [0.2, 0.25) is 39.3 Å². The van der Waals surface area contributed by atoms with Crippen LogP contribution in [0.3, 0.4) is 0 Å². The summed E-state index contributed by atoms with van der Waals surface area (Å²) in [5, 5.41) is 0. The standard InChI is InChI=1S/C15H32O4Si2/c1-9-11-12-15(10-2,13(16)18-20(3,4)5)14(17)19-21(6,7)8/h9-12H2,1-8H3. The molecule has 0 saturated carbocycles. The molecule has 0 bridgehead atoms. The highest BCUT2D eigenvalue weighted by Gasteiger charge is 2.48. The van der Waals surface area contributed by atoms with Crippen LogP contribution in [0.15, 0.2) is 0 Å². The molecule has 0 aromatic carbocycles. The van der Waals surface area contributed by atoms with Crippen LogP contribution in [-0.2, 0) is 18.4 Å². The molecule has 4 nitrogen and oxygen atoms in total. The van der Waals surface area contributed by atoms with Crippen LogP contribution in [0.1, 0.15) is 39.5 Å². The van der Waals surface area contributed by atoms with Crippen molar-refractivity contribution in [2.45, 2.75) is 78.8 Å².